The van der Waals surface area contributed by atoms with Gasteiger partial charge in [-0.2, -0.15) is 0 Å². The first-order valence-corrected chi connectivity index (χ1v) is 13.4. The third kappa shape index (κ3) is 3.81. The van der Waals surface area contributed by atoms with E-state index in [-0.39, 0.29) is 30.6 Å². The summed E-state index contributed by atoms with van der Waals surface area (Å²) in [5.41, 5.74) is 6.00. The second-order valence-corrected chi connectivity index (χ2v) is 11.7. The predicted octanol–water partition coefficient (Wildman–Crippen LogP) is 7.30. The Morgan fingerprint density at radius 2 is 1.79 bits per heavy atom. The molecule has 1 aromatic heterocycles. The number of aliphatic imine (C=N–C) groups is 1. The number of aliphatic carboxylic acids is 1. The Labute approximate surface area is 225 Å². The Kier molecular flexibility index (Phi) is 6.15. The monoisotopic (exact) mass is 540 g/mol. The van der Waals surface area contributed by atoms with E-state index in [0.717, 1.165) is 66.2 Å². The highest BCUT2D eigenvalue weighted by Crippen LogP contribution is 2.65. The van der Waals surface area contributed by atoms with Gasteiger partial charge in [0, 0.05) is 47.5 Å². The van der Waals surface area contributed by atoms with E-state index in [0.29, 0.717) is 30.6 Å². The average Bonchev–Trinajstić information content (AvgIpc) is 3.36. The maximum absolute atomic E-state index is 14.5. The highest BCUT2D eigenvalue weighted by molar-refractivity contribution is 6.70. The second-order valence-electron chi connectivity index (χ2n) is 11.3. The minimum atomic E-state index is -0.878. The van der Waals surface area contributed by atoms with Crippen molar-refractivity contribution in [1.82, 2.24) is 4.57 Å². The Balaban J connectivity index is 0.00000264. The van der Waals surface area contributed by atoms with E-state index in [9.17, 15) is 18.7 Å². The fourth-order valence-corrected chi connectivity index (χ4v) is 7.61. The summed E-state index contributed by atoms with van der Waals surface area (Å²) in [6.45, 7) is 1.85. The number of hydrogen-bond acceptors (Lipinski definition) is 3. The van der Waals surface area contributed by atoms with E-state index in [4.69, 9.17) is 16.3 Å². The average molecular weight is 541 g/mol. The Morgan fingerprint density at radius 1 is 1.05 bits per heavy atom. The van der Waals surface area contributed by atoms with Crippen LogP contribution in [0.2, 0.25) is 0 Å². The van der Waals surface area contributed by atoms with Crippen molar-refractivity contribution in [2.45, 2.75) is 64.3 Å². The minimum absolute atomic E-state index is 0. The zero-order chi connectivity index (χ0) is 25.5. The molecule has 2 saturated carbocycles. The summed E-state index contributed by atoms with van der Waals surface area (Å²) in [5.74, 6) is -2.17. The van der Waals surface area contributed by atoms with Gasteiger partial charge < -0.3 is 14.4 Å². The lowest BCUT2D eigenvalue weighted by Crippen LogP contribution is -2.49. The smallest absolute Gasteiger partial charge is 0.306 e. The first kappa shape index (κ1) is 25.5. The predicted molar refractivity (Wildman–Crippen MR) is 144 cm³/mol. The summed E-state index contributed by atoms with van der Waals surface area (Å²) in [4.78, 5) is 15.9. The van der Waals surface area contributed by atoms with Crippen LogP contribution in [-0.4, -0.2) is 34.0 Å². The fourth-order valence-electron chi connectivity index (χ4n) is 7.37. The lowest BCUT2D eigenvalue weighted by Gasteiger charge is -2.57. The number of benzene rings is 2. The molecule has 3 fully saturated rings. The third-order valence-electron chi connectivity index (χ3n) is 9.12. The van der Waals surface area contributed by atoms with Crippen LogP contribution in [-0.2, 0) is 16.1 Å². The fraction of sp³-hybridized carbons (Fsp3) is 0.467. The van der Waals surface area contributed by atoms with E-state index in [1.54, 1.807) is 6.07 Å². The molecule has 2 aromatic carbocycles. The number of carbonyl (C=O) groups is 1. The number of carboxylic acids is 1. The van der Waals surface area contributed by atoms with Crippen LogP contribution in [0, 0.1) is 23.0 Å². The van der Waals surface area contributed by atoms with Gasteiger partial charge >= 0.3 is 5.97 Å². The first-order valence-electron chi connectivity index (χ1n) is 13.0. The van der Waals surface area contributed by atoms with E-state index >= 15 is 0 Å². The van der Waals surface area contributed by atoms with Crippen molar-refractivity contribution >= 4 is 33.6 Å². The van der Waals surface area contributed by atoms with Gasteiger partial charge in [0.25, 0.3) is 0 Å². The largest absolute Gasteiger partial charge is 0.481 e. The number of hydrogen-bond donors (Lipinski definition) is 1. The molecule has 200 valence electrons. The number of rotatable bonds is 4. The van der Waals surface area contributed by atoms with Gasteiger partial charge in [0.15, 0.2) is 11.6 Å². The molecule has 3 aromatic rings. The van der Waals surface area contributed by atoms with Crippen molar-refractivity contribution in [3.8, 4) is 5.69 Å². The Hall–Kier alpha value is -2.77. The van der Waals surface area contributed by atoms with E-state index in [1.807, 2.05) is 0 Å². The SMILES string of the molecule is C.O=C(O)C1CC2(C1)CC(c1c(C3CCOCC3)n(-c3ccc(F)c(F)c3)c3cc4c(cc13)CN=C4Cl)C2. The van der Waals surface area contributed by atoms with Crippen LogP contribution in [0.4, 0.5) is 8.78 Å². The molecular formula is C30H31ClF2N2O3. The molecule has 2 aliphatic heterocycles. The number of ether oxygens (including phenoxy) is 1. The molecule has 8 heteroatoms. The summed E-state index contributed by atoms with van der Waals surface area (Å²) in [5, 5.41) is 11.0. The van der Waals surface area contributed by atoms with Crippen LogP contribution in [0.1, 0.15) is 80.2 Å². The molecule has 0 radical (unpaired) electrons. The van der Waals surface area contributed by atoms with Crippen LogP contribution >= 0.6 is 11.6 Å². The number of carboxylic acid groups (broad SMARTS) is 1. The lowest BCUT2D eigenvalue weighted by molar-refractivity contribution is -0.155. The van der Waals surface area contributed by atoms with Gasteiger partial charge in [-0.25, -0.2) is 8.78 Å². The molecule has 0 unspecified atom stereocenters. The van der Waals surface area contributed by atoms with Gasteiger partial charge in [-0.3, -0.25) is 9.79 Å². The van der Waals surface area contributed by atoms with Gasteiger partial charge in [0.1, 0.15) is 5.17 Å². The molecule has 38 heavy (non-hydrogen) atoms. The van der Waals surface area contributed by atoms with Gasteiger partial charge in [-0.15, -0.1) is 0 Å². The van der Waals surface area contributed by atoms with Crippen LogP contribution in [0.3, 0.4) is 0 Å². The summed E-state index contributed by atoms with van der Waals surface area (Å²) in [6.07, 6.45) is 5.11. The summed E-state index contributed by atoms with van der Waals surface area (Å²) in [6, 6.07) is 8.33. The second kappa shape index (κ2) is 9.16. The summed E-state index contributed by atoms with van der Waals surface area (Å²) >= 11 is 6.45. The zero-order valence-electron chi connectivity index (χ0n) is 20.3. The van der Waals surface area contributed by atoms with E-state index in [1.165, 1.54) is 17.7 Å². The molecule has 1 saturated heterocycles. The van der Waals surface area contributed by atoms with E-state index < -0.39 is 17.6 Å². The highest BCUT2D eigenvalue weighted by Gasteiger charge is 2.56. The minimum Gasteiger partial charge on any atom is -0.481 e. The molecule has 0 atom stereocenters. The highest BCUT2D eigenvalue weighted by atomic mass is 35.5. The number of nitrogens with zero attached hydrogens (tertiary/aromatic N) is 2. The first-order chi connectivity index (χ1) is 17.8. The topological polar surface area (TPSA) is 63.8 Å². The molecule has 2 aliphatic carbocycles. The summed E-state index contributed by atoms with van der Waals surface area (Å²) in [7, 11) is 0. The molecule has 3 heterocycles. The van der Waals surface area contributed by atoms with Crippen LogP contribution in [0.15, 0.2) is 35.3 Å². The van der Waals surface area contributed by atoms with Crippen molar-refractivity contribution in [3.63, 3.8) is 0 Å². The molecule has 1 N–H and O–H groups in total. The van der Waals surface area contributed by atoms with Crippen molar-refractivity contribution in [2.24, 2.45) is 16.3 Å². The Bertz CT molecular complexity index is 1480. The quantitative estimate of drug-likeness (QED) is 0.378. The van der Waals surface area contributed by atoms with Crippen molar-refractivity contribution in [1.29, 1.82) is 0 Å². The summed E-state index contributed by atoms with van der Waals surface area (Å²) < 4.78 is 36.3. The maximum Gasteiger partial charge on any atom is 0.306 e. The Morgan fingerprint density at radius 3 is 2.47 bits per heavy atom. The number of halogens is 3. The van der Waals surface area contributed by atoms with Gasteiger partial charge in [-0.1, -0.05) is 19.0 Å². The molecular weight excluding hydrogens is 510 g/mol. The van der Waals surface area contributed by atoms with E-state index in [2.05, 4.69) is 21.7 Å². The molecule has 5 nitrogen and oxygen atoms in total. The number of fused-ring (bicyclic) bond motifs is 2. The standard InChI is InChI=1S/C29H27ClF2N2O3.CH4/c30-27-20-9-24-21(7-16(20)14-33-27)25(17-10-29(11-17)12-18(13-29)28(35)36)26(15-3-5-37-6-4-15)34(24)19-1-2-22(31)23(32)8-19;/h1-2,7-9,15,17-18H,3-6,10-14H2,(H,35,36);1H4. The van der Waals surface area contributed by atoms with Gasteiger partial charge in [0.2, 0.25) is 0 Å². The third-order valence-corrected chi connectivity index (χ3v) is 9.45. The lowest BCUT2D eigenvalue weighted by atomic mass is 9.47. The molecule has 0 amide bonds. The van der Waals surface area contributed by atoms with Crippen LogP contribution in [0.25, 0.3) is 16.6 Å². The maximum atomic E-state index is 14.5. The molecule has 0 bridgehead atoms. The van der Waals surface area contributed by atoms with Crippen molar-refractivity contribution in [3.05, 3.63) is 64.4 Å². The zero-order valence-corrected chi connectivity index (χ0v) is 21.0. The number of aromatic nitrogens is 1. The van der Waals surface area contributed by atoms with Crippen molar-refractivity contribution < 1.29 is 23.4 Å². The van der Waals surface area contributed by atoms with Gasteiger partial charge in [-0.05, 0) is 85.3 Å². The van der Waals surface area contributed by atoms with Crippen LogP contribution < -0.4 is 0 Å². The van der Waals surface area contributed by atoms with Crippen LogP contribution in [0.5, 0.6) is 0 Å². The van der Waals surface area contributed by atoms with Gasteiger partial charge in [0.05, 0.1) is 18.0 Å². The molecule has 1 spiro atoms. The molecule has 4 aliphatic rings. The normalized spacial score (nSPS) is 26.4. The van der Waals surface area contributed by atoms with Crippen molar-refractivity contribution in [2.75, 3.05) is 13.2 Å². The molecule has 7 rings (SSSR count).